The van der Waals surface area contributed by atoms with Gasteiger partial charge in [0, 0.05) is 31.0 Å². The Morgan fingerprint density at radius 1 is 1.14 bits per heavy atom. The molecule has 1 aromatic rings. The van der Waals surface area contributed by atoms with Crippen LogP contribution in [0.1, 0.15) is 19.3 Å². The van der Waals surface area contributed by atoms with Crippen LogP contribution < -0.4 is 16.0 Å². The standard InChI is InChI=1S/C14H20N4O2.2ClH/c19-13(18-12-3-6-15-7-4-12)5-8-17-14(20)10-16-9-11-1-2-11;;/h3-4,6-7,11,16H,1-2,5,8-10H2,(H,17,20)(H,15,18,19);2*1H. The number of amides is 2. The maximum absolute atomic E-state index is 11.6. The Hall–Kier alpha value is -1.37. The van der Waals surface area contributed by atoms with Crippen molar-refractivity contribution in [1.82, 2.24) is 15.6 Å². The smallest absolute Gasteiger partial charge is 0.233 e. The summed E-state index contributed by atoms with van der Waals surface area (Å²) in [5.74, 6) is 0.568. The summed E-state index contributed by atoms with van der Waals surface area (Å²) in [6.07, 6.45) is 6.02. The molecule has 0 radical (unpaired) electrons. The topological polar surface area (TPSA) is 83.1 Å². The zero-order chi connectivity index (χ0) is 14.2. The number of pyridine rings is 1. The van der Waals surface area contributed by atoms with E-state index in [4.69, 9.17) is 0 Å². The van der Waals surface area contributed by atoms with Crippen molar-refractivity contribution in [2.75, 3.05) is 25.0 Å². The molecule has 1 saturated carbocycles. The summed E-state index contributed by atoms with van der Waals surface area (Å²) >= 11 is 0. The lowest BCUT2D eigenvalue weighted by Gasteiger charge is -2.07. The highest BCUT2D eigenvalue weighted by Crippen LogP contribution is 2.27. The largest absolute Gasteiger partial charge is 0.354 e. The van der Waals surface area contributed by atoms with Gasteiger partial charge >= 0.3 is 0 Å². The van der Waals surface area contributed by atoms with Gasteiger partial charge in [0.2, 0.25) is 11.8 Å². The Morgan fingerprint density at radius 3 is 2.45 bits per heavy atom. The van der Waals surface area contributed by atoms with E-state index in [2.05, 4.69) is 20.9 Å². The van der Waals surface area contributed by atoms with Gasteiger partial charge < -0.3 is 16.0 Å². The van der Waals surface area contributed by atoms with Gasteiger partial charge in [-0.1, -0.05) is 0 Å². The molecule has 22 heavy (non-hydrogen) atoms. The molecule has 124 valence electrons. The Bertz CT molecular complexity index is 455. The second-order valence-corrected chi connectivity index (χ2v) is 4.96. The maximum atomic E-state index is 11.6. The summed E-state index contributed by atoms with van der Waals surface area (Å²) in [5, 5.41) is 8.56. The lowest BCUT2D eigenvalue weighted by atomic mass is 10.3. The Morgan fingerprint density at radius 2 is 1.82 bits per heavy atom. The van der Waals surface area contributed by atoms with Gasteiger partial charge in [-0.25, -0.2) is 0 Å². The fourth-order valence-electron chi connectivity index (χ4n) is 1.75. The SMILES string of the molecule is Cl.Cl.O=C(CNCC1CC1)NCCC(=O)Nc1ccncc1. The minimum absolute atomic E-state index is 0. The van der Waals surface area contributed by atoms with Crippen LogP contribution in [0.2, 0.25) is 0 Å². The van der Waals surface area contributed by atoms with E-state index in [1.807, 2.05) is 0 Å². The summed E-state index contributed by atoms with van der Waals surface area (Å²) in [6, 6.07) is 3.44. The van der Waals surface area contributed by atoms with E-state index in [1.165, 1.54) is 12.8 Å². The lowest BCUT2D eigenvalue weighted by molar-refractivity contribution is -0.120. The summed E-state index contributed by atoms with van der Waals surface area (Å²) in [5.41, 5.74) is 0.711. The number of carbonyl (C=O) groups excluding carboxylic acids is 2. The lowest BCUT2D eigenvalue weighted by Crippen LogP contribution is -2.36. The van der Waals surface area contributed by atoms with Gasteiger partial charge in [0.25, 0.3) is 0 Å². The van der Waals surface area contributed by atoms with Crippen LogP contribution in [0.5, 0.6) is 0 Å². The first-order valence-electron chi connectivity index (χ1n) is 6.91. The van der Waals surface area contributed by atoms with Crippen molar-refractivity contribution in [3.63, 3.8) is 0 Å². The molecule has 8 heteroatoms. The molecule has 2 amide bonds. The van der Waals surface area contributed by atoms with Crippen molar-refractivity contribution in [2.45, 2.75) is 19.3 Å². The summed E-state index contributed by atoms with van der Waals surface area (Å²) < 4.78 is 0. The number of aromatic nitrogens is 1. The first-order valence-corrected chi connectivity index (χ1v) is 6.91. The molecule has 2 rings (SSSR count). The first-order chi connectivity index (χ1) is 9.74. The van der Waals surface area contributed by atoms with Crippen LogP contribution in [0.25, 0.3) is 0 Å². The fourth-order valence-corrected chi connectivity index (χ4v) is 1.75. The Balaban J connectivity index is 0.00000220. The van der Waals surface area contributed by atoms with Crippen molar-refractivity contribution in [3.8, 4) is 0 Å². The minimum Gasteiger partial charge on any atom is -0.354 e. The van der Waals surface area contributed by atoms with E-state index in [9.17, 15) is 9.59 Å². The Labute approximate surface area is 142 Å². The zero-order valence-electron chi connectivity index (χ0n) is 12.2. The van der Waals surface area contributed by atoms with Crippen LogP contribution in [0.3, 0.4) is 0 Å². The average molecular weight is 349 g/mol. The molecule has 0 saturated heterocycles. The van der Waals surface area contributed by atoms with Crippen LogP contribution in [0.4, 0.5) is 5.69 Å². The molecular formula is C14H22Cl2N4O2. The average Bonchev–Trinajstić information content (AvgIpc) is 3.24. The highest BCUT2D eigenvalue weighted by molar-refractivity contribution is 5.91. The summed E-state index contributed by atoms with van der Waals surface area (Å²) in [6.45, 7) is 1.58. The highest BCUT2D eigenvalue weighted by atomic mass is 35.5. The summed E-state index contributed by atoms with van der Waals surface area (Å²) in [4.78, 5) is 26.9. The third-order valence-electron chi connectivity index (χ3n) is 3.05. The predicted molar refractivity (Wildman–Crippen MR) is 90.6 cm³/mol. The molecular weight excluding hydrogens is 327 g/mol. The molecule has 6 nitrogen and oxygen atoms in total. The molecule has 0 aliphatic heterocycles. The molecule has 1 heterocycles. The highest BCUT2D eigenvalue weighted by Gasteiger charge is 2.20. The molecule has 0 aromatic carbocycles. The molecule has 1 aliphatic carbocycles. The van der Waals surface area contributed by atoms with Crippen LogP contribution in [-0.4, -0.2) is 36.4 Å². The van der Waals surface area contributed by atoms with Crippen molar-refractivity contribution >= 4 is 42.3 Å². The number of hydrogen-bond donors (Lipinski definition) is 3. The third kappa shape index (κ3) is 8.81. The van der Waals surface area contributed by atoms with Crippen LogP contribution in [0.15, 0.2) is 24.5 Å². The van der Waals surface area contributed by atoms with Crippen molar-refractivity contribution in [2.24, 2.45) is 5.92 Å². The molecule has 0 atom stereocenters. The number of nitrogens with one attached hydrogen (secondary N) is 3. The van der Waals surface area contributed by atoms with E-state index in [1.54, 1.807) is 24.5 Å². The van der Waals surface area contributed by atoms with E-state index in [0.29, 0.717) is 18.8 Å². The maximum Gasteiger partial charge on any atom is 0.233 e. The zero-order valence-corrected chi connectivity index (χ0v) is 13.8. The number of halogens is 2. The van der Waals surface area contributed by atoms with Gasteiger partial charge in [0.05, 0.1) is 6.54 Å². The molecule has 0 spiro atoms. The van der Waals surface area contributed by atoms with E-state index in [-0.39, 0.29) is 43.0 Å². The quantitative estimate of drug-likeness (QED) is 0.662. The second kappa shape index (κ2) is 11.2. The number of rotatable bonds is 8. The monoisotopic (exact) mass is 348 g/mol. The normalized spacial score (nSPS) is 12.5. The number of carbonyl (C=O) groups is 2. The molecule has 0 bridgehead atoms. The molecule has 1 aliphatic rings. The molecule has 3 N–H and O–H groups in total. The summed E-state index contributed by atoms with van der Waals surface area (Å²) in [7, 11) is 0. The molecule has 1 aromatic heterocycles. The predicted octanol–water partition coefficient (Wildman–Crippen LogP) is 1.37. The number of anilines is 1. The van der Waals surface area contributed by atoms with Gasteiger partial charge in [0.15, 0.2) is 0 Å². The van der Waals surface area contributed by atoms with Gasteiger partial charge in [-0.2, -0.15) is 0 Å². The fraction of sp³-hybridized carbons (Fsp3) is 0.500. The van der Waals surface area contributed by atoms with Gasteiger partial charge in [-0.05, 0) is 37.4 Å². The van der Waals surface area contributed by atoms with Gasteiger partial charge in [-0.15, -0.1) is 24.8 Å². The van der Waals surface area contributed by atoms with E-state index < -0.39 is 0 Å². The minimum atomic E-state index is -0.123. The van der Waals surface area contributed by atoms with Crippen molar-refractivity contribution < 1.29 is 9.59 Å². The van der Waals surface area contributed by atoms with Crippen molar-refractivity contribution in [3.05, 3.63) is 24.5 Å². The Kier molecular flexibility index (Phi) is 10.5. The van der Waals surface area contributed by atoms with Crippen molar-refractivity contribution in [1.29, 1.82) is 0 Å². The van der Waals surface area contributed by atoms with Crippen LogP contribution >= 0.6 is 24.8 Å². The number of hydrogen-bond acceptors (Lipinski definition) is 4. The van der Waals surface area contributed by atoms with E-state index >= 15 is 0 Å². The van der Waals surface area contributed by atoms with Gasteiger partial charge in [0.1, 0.15) is 0 Å². The van der Waals surface area contributed by atoms with Crippen LogP contribution in [0, 0.1) is 5.92 Å². The first kappa shape index (κ1) is 20.6. The van der Waals surface area contributed by atoms with Gasteiger partial charge in [-0.3, -0.25) is 14.6 Å². The second-order valence-electron chi connectivity index (χ2n) is 4.96. The molecule has 1 fully saturated rings. The van der Waals surface area contributed by atoms with E-state index in [0.717, 1.165) is 12.5 Å². The third-order valence-corrected chi connectivity index (χ3v) is 3.05. The van der Waals surface area contributed by atoms with Crippen LogP contribution in [-0.2, 0) is 9.59 Å². The molecule has 0 unspecified atom stereocenters. The number of nitrogens with zero attached hydrogens (tertiary/aromatic N) is 1.